The van der Waals surface area contributed by atoms with Crippen LogP contribution in [-0.2, 0) is 0 Å². The van der Waals surface area contributed by atoms with Crippen LogP contribution in [0, 0.1) is 0 Å². The van der Waals surface area contributed by atoms with Crippen LogP contribution in [0.1, 0.15) is 20.3 Å². The molecule has 0 aromatic carbocycles. The van der Waals surface area contributed by atoms with Gasteiger partial charge in [-0.15, -0.1) is 0 Å². The Balaban J connectivity index is 3.14. The molecule has 0 heterocycles. The Kier molecular flexibility index (Phi) is 3.14. The number of hydrogen-bond donors (Lipinski definition) is 0. The third-order valence-electron chi connectivity index (χ3n) is 0.492. The number of allylic oxidation sites excluding steroid dienone is 2. The minimum Gasteiger partial charge on any atom is -0.0856 e. The Morgan fingerprint density at radius 3 is 2.33 bits per heavy atom. The average molecular weight is 101 g/mol. The molecule has 0 aliphatic carbocycles. The molecule has 0 saturated carbocycles. The molecular weight excluding hydrogens is 92.1 g/mol. The SMILES string of the molecule is CCC=C(C)[S]. The quantitative estimate of drug-likeness (QED) is 0.476. The largest absolute Gasteiger partial charge is 0.0856 e. The summed E-state index contributed by atoms with van der Waals surface area (Å²) < 4.78 is 0. The highest BCUT2D eigenvalue weighted by molar-refractivity contribution is 7.84. The number of hydrogen-bond acceptors (Lipinski definition) is 0. The van der Waals surface area contributed by atoms with Gasteiger partial charge in [0.15, 0.2) is 0 Å². The van der Waals surface area contributed by atoms with Crippen LogP contribution < -0.4 is 0 Å². The molecule has 0 atom stereocenters. The summed E-state index contributed by atoms with van der Waals surface area (Å²) in [5.41, 5.74) is 0. The van der Waals surface area contributed by atoms with Gasteiger partial charge in [0.1, 0.15) is 0 Å². The van der Waals surface area contributed by atoms with Crippen LogP contribution in [0.15, 0.2) is 11.0 Å². The molecule has 1 radical (unpaired) electrons. The summed E-state index contributed by atoms with van der Waals surface area (Å²) in [6.07, 6.45) is 3.09. The summed E-state index contributed by atoms with van der Waals surface area (Å²) in [4.78, 5) is 0.998. The summed E-state index contributed by atoms with van der Waals surface area (Å²) in [5, 5.41) is 0. The predicted octanol–water partition coefficient (Wildman–Crippen LogP) is 2.50. The highest BCUT2D eigenvalue weighted by Crippen LogP contribution is 1.96. The van der Waals surface area contributed by atoms with Crippen molar-refractivity contribution in [2.24, 2.45) is 0 Å². The van der Waals surface area contributed by atoms with E-state index >= 15 is 0 Å². The number of rotatable bonds is 1. The van der Waals surface area contributed by atoms with Gasteiger partial charge in [-0.1, -0.05) is 25.6 Å². The van der Waals surface area contributed by atoms with Gasteiger partial charge < -0.3 is 0 Å². The van der Waals surface area contributed by atoms with Crippen molar-refractivity contribution in [2.75, 3.05) is 0 Å². The van der Waals surface area contributed by atoms with Crippen molar-refractivity contribution in [1.82, 2.24) is 0 Å². The van der Waals surface area contributed by atoms with Crippen molar-refractivity contribution in [3.63, 3.8) is 0 Å². The first kappa shape index (κ1) is 5.96. The predicted molar refractivity (Wildman–Crippen MR) is 31.6 cm³/mol. The van der Waals surface area contributed by atoms with E-state index in [2.05, 4.69) is 6.92 Å². The van der Waals surface area contributed by atoms with Gasteiger partial charge >= 0.3 is 0 Å². The molecule has 0 aromatic heterocycles. The Labute approximate surface area is 44.7 Å². The lowest BCUT2D eigenvalue weighted by Gasteiger charge is -1.77. The zero-order valence-electron chi connectivity index (χ0n) is 4.19. The topological polar surface area (TPSA) is 0 Å². The molecule has 35 valence electrons. The fraction of sp³-hybridized carbons (Fsp3) is 0.600. The van der Waals surface area contributed by atoms with Gasteiger partial charge in [0.2, 0.25) is 0 Å². The van der Waals surface area contributed by atoms with Gasteiger partial charge in [-0.3, -0.25) is 0 Å². The molecule has 6 heavy (non-hydrogen) atoms. The molecule has 0 unspecified atom stereocenters. The van der Waals surface area contributed by atoms with Crippen molar-refractivity contribution in [2.45, 2.75) is 20.3 Å². The van der Waals surface area contributed by atoms with E-state index in [-0.39, 0.29) is 0 Å². The normalized spacial score (nSPS) is 12.0. The first-order chi connectivity index (χ1) is 2.77. The van der Waals surface area contributed by atoms with Gasteiger partial charge in [0, 0.05) is 4.91 Å². The van der Waals surface area contributed by atoms with E-state index in [1.807, 2.05) is 13.0 Å². The summed E-state index contributed by atoms with van der Waals surface area (Å²) in [6.45, 7) is 4.01. The zero-order chi connectivity index (χ0) is 4.99. The molecule has 0 aliphatic heterocycles. The molecule has 0 bridgehead atoms. The molecule has 0 aromatic rings. The van der Waals surface area contributed by atoms with Gasteiger partial charge in [-0.05, 0) is 13.3 Å². The van der Waals surface area contributed by atoms with Crippen LogP contribution in [0.2, 0.25) is 0 Å². The van der Waals surface area contributed by atoms with E-state index in [0.717, 1.165) is 11.3 Å². The van der Waals surface area contributed by atoms with Crippen molar-refractivity contribution < 1.29 is 0 Å². The van der Waals surface area contributed by atoms with E-state index in [9.17, 15) is 0 Å². The molecule has 0 nitrogen and oxygen atoms in total. The summed E-state index contributed by atoms with van der Waals surface area (Å²) in [6, 6.07) is 0. The minimum absolute atomic E-state index is 0.998. The third kappa shape index (κ3) is 3.96. The Morgan fingerprint density at radius 2 is 2.33 bits per heavy atom. The van der Waals surface area contributed by atoms with E-state index in [0.29, 0.717) is 0 Å². The van der Waals surface area contributed by atoms with Crippen LogP contribution in [0.25, 0.3) is 0 Å². The zero-order valence-corrected chi connectivity index (χ0v) is 5.01. The van der Waals surface area contributed by atoms with Gasteiger partial charge in [0.25, 0.3) is 0 Å². The third-order valence-corrected chi connectivity index (χ3v) is 0.658. The van der Waals surface area contributed by atoms with Crippen LogP contribution >= 0.6 is 12.6 Å². The Morgan fingerprint density at radius 1 is 1.83 bits per heavy atom. The Hall–Kier alpha value is -0.0400. The monoisotopic (exact) mass is 101 g/mol. The Bertz CT molecular complexity index is 51.0. The van der Waals surface area contributed by atoms with E-state index < -0.39 is 0 Å². The molecule has 0 fully saturated rings. The van der Waals surface area contributed by atoms with Crippen LogP contribution in [0.3, 0.4) is 0 Å². The second-order valence-electron chi connectivity index (χ2n) is 1.22. The van der Waals surface area contributed by atoms with Gasteiger partial charge in [0.05, 0.1) is 0 Å². The summed E-state index contributed by atoms with van der Waals surface area (Å²) >= 11 is 4.74. The summed E-state index contributed by atoms with van der Waals surface area (Å²) in [5.74, 6) is 0. The second-order valence-corrected chi connectivity index (χ2v) is 1.87. The van der Waals surface area contributed by atoms with Crippen molar-refractivity contribution in [3.05, 3.63) is 11.0 Å². The summed E-state index contributed by atoms with van der Waals surface area (Å²) in [7, 11) is 0. The second kappa shape index (κ2) is 3.16. The first-order valence-electron chi connectivity index (χ1n) is 2.11. The van der Waals surface area contributed by atoms with Crippen LogP contribution in [-0.4, -0.2) is 0 Å². The minimum atomic E-state index is 0.998. The molecule has 0 spiro atoms. The molecule has 0 N–H and O–H groups in total. The molecule has 0 rings (SSSR count). The van der Waals surface area contributed by atoms with E-state index in [1.165, 1.54) is 0 Å². The van der Waals surface area contributed by atoms with Gasteiger partial charge in [-0.2, -0.15) is 0 Å². The lowest BCUT2D eigenvalue weighted by Crippen LogP contribution is -1.54. The fourth-order valence-electron chi connectivity index (χ4n) is 0.287. The van der Waals surface area contributed by atoms with Crippen LogP contribution in [0.4, 0.5) is 0 Å². The maximum absolute atomic E-state index is 4.74. The average Bonchev–Trinajstić information content (AvgIpc) is 1.35. The smallest absolute Gasteiger partial charge is 0.00808 e. The fourth-order valence-corrected chi connectivity index (χ4v) is 0.454. The first-order valence-corrected chi connectivity index (χ1v) is 2.52. The standard InChI is InChI=1S/C5H9S/c1-3-4-5(2)6/h4H,3H2,1-2H3. The molecular formula is C5H9S. The van der Waals surface area contributed by atoms with E-state index in [1.54, 1.807) is 0 Å². The van der Waals surface area contributed by atoms with E-state index in [4.69, 9.17) is 12.6 Å². The maximum Gasteiger partial charge on any atom is 0.00808 e. The molecule has 0 saturated heterocycles. The lowest BCUT2D eigenvalue weighted by atomic mass is 10.4. The van der Waals surface area contributed by atoms with Crippen molar-refractivity contribution in [1.29, 1.82) is 0 Å². The van der Waals surface area contributed by atoms with Crippen molar-refractivity contribution in [3.8, 4) is 0 Å². The lowest BCUT2D eigenvalue weighted by molar-refractivity contribution is 1.21. The maximum atomic E-state index is 4.74. The highest BCUT2D eigenvalue weighted by atomic mass is 32.1. The highest BCUT2D eigenvalue weighted by Gasteiger charge is 1.70. The van der Waals surface area contributed by atoms with Crippen molar-refractivity contribution >= 4 is 12.6 Å². The molecule has 1 heteroatoms. The molecule has 0 aliphatic rings. The molecule has 0 amide bonds. The van der Waals surface area contributed by atoms with Gasteiger partial charge in [-0.25, -0.2) is 0 Å². The van der Waals surface area contributed by atoms with Crippen LogP contribution in [0.5, 0.6) is 0 Å².